The van der Waals surface area contributed by atoms with Crippen molar-refractivity contribution in [2.24, 2.45) is 0 Å². The Bertz CT molecular complexity index is 980. The summed E-state index contributed by atoms with van der Waals surface area (Å²) in [6.45, 7) is 2.54. The first-order valence-electron chi connectivity index (χ1n) is 7.72. The van der Waals surface area contributed by atoms with Gasteiger partial charge in [-0.3, -0.25) is 0 Å². The van der Waals surface area contributed by atoms with E-state index in [1.54, 1.807) is 42.7 Å². The molecule has 3 aromatic rings. The molecule has 1 fully saturated rings. The van der Waals surface area contributed by atoms with Crippen LogP contribution in [0.15, 0.2) is 52.1 Å². The van der Waals surface area contributed by atoms with Crippen LogP contribution in [0.4, 0.5) is 0 Å². The monoisotopic (exact) mass is 357 g/mol. The minimum Gasteiger partial charge on any atom is -0.338 e. The van der Waals surface area contributed by atoms with Crippen molar-refractivity contribution in [3.05, 3.63) is 54.2 Å². The lowest BCUT2D eigenvalue weighted by atomic mass is 10.0. The van der Waals surface area contributed by atoms with Crippen LogP contribution in [0.2, 0.25) is 0 Å². The fourth-order valence-corrected chi connectivity index (χ4v) is 4.09. The molecule has 1 aromatic carbocycles. The van der Waals surface area contributed by atoms with Crippen LogP contribution in [0.1, 0.15) is 17.4 Å². The molecule has 0 aliphatic carbocycles. The second-order valence-electron chi connectivity index (χ2n) is 5.86. The normalized spacial score (nSPS) is 15.9. The van der Waals surface area contributed by atoms with Crippen molar-refractivity contribution in [2.75, 3.05) is 13.1 Å². The lowest BCUT2D eigenvalue weighted by Gasteiger charge is -2.35. The van der Waals surface area contributed by atoms with Crippen LogP contribution >= 0.6 is 0 Å². The lowest BCUT2D eigenvalue weighted by molar-refractivity contribution is 0.217. The second-order valence-corrected chi connectivity index (χ2v) is 7.80. The Morgan fingerprint density at radius 1 is 1.08 bits per heavy atom. The number of rotatable bonds is 4. The molecule has 128 valence electrons. The predicted octanol–water partition coefficient (Wildman–Crippen LogP) is 1.62. The van der Waals surface area contributed by atoms with Gasteiger partial charge in [0, 0.05) is 25.5 Å². The summed E-state index contributed by atoms with van der Waals surface area (Å²) >= 11 is 0. The van der Waals surface area contributed by atoms with Gasteiger partial charge in [0.2, 0.25) is 27.6 Å². The topological polar surface area (TPSA) is 102 Å². The molecule has 0 unspecified atom stereocenters. The smallest absolute Gasteiger partial charge is 0.243 e. The molecule has 4 rings (SSSR count). The van der Waals surface area contributed by atoms with Gasteiger partial charge in [-0.1, -0.05) is 22.9 Å². The zero-order chi connectivity index (χ0) is 17.4. The highest BCUT2D eigenvalue weighted by atomic mass is 32.2. The van der Waals surface area contributed by atoms with E-state index >= 15 is 0 Å². The highest BCUT2D eigenvalue weighted by molar-refractivity contribution is 7.89. The second kappa shape index (κ2) is 6.01. The third-order valence-corrected chi connectivity index (χ3v) is 5.91. The number of aryl methyl sites for hydroxylation is 1. The average molecular weight is 357 g/mol. The molecule has 0 bridgehead atoms. The number of hydrogen-bond donors (Lipinski definition) is 0. The Morgan fingerprint density at radius 3 is 2.44 bits per heavy atom. The van der Waals surface area contributed by atoms with Crippen molar-refractivity contribution in [2.45, 2.75) is 17.7 Å². The van der Waals surface area contributed by atoms with E-state index in [0.29, 0.717) is 35.5 Å². The maximum Gasteiger partial charge on any atom is 0.243 e. The minimum absolute atomic E-state index is 0.120. The van der Waals surface area contributed by atoms with Gasteiger partial charge < -0.3 is 4.52 Å². The van der Waals surface area contributed by atoms with Crippen molar-refractivity contribution < 1.29 is 12.9 Å². The van der Waals surface area contributed by atoms with Gasteiger partial charge in [-0.2, -0.15) is 9.29 Å². The van der Waals surface area contributed by atoms with Crippen molar-refractivity contribution in [1.82, 2.24) is 24.4 Å². The number of benzene rings is 1. The Kier molecular flexibility index (Phi) is 3.81. The van der Waals surface area contributed by atoms with E-state index < -0.39 is 10.0 Å². The van der Waals surface area contributed by atoms with Crippen molar-refractivity contribution in [3.63, 3.8) is 0 Å². The van der Waals surface area contributed by atoms with E-state index in [0.717, 1.165) is 5.56 Å². The zero-order valence-corrected chi connectivity index (χ0v) is 14.2. The summed E-state index contributed by atoms with van der Waals surface area (Å²) in [5.41, 5.74) is 1.02. The van der Waals surface area contributed by atoms with Crippen LogP contribution < -0.4 is 0 Å². The van der Waals surface area contributed by atoms with Crippen LogP contribution in [0.25, 0.3) is 11.6 Å². The third-order valence-electron chi connectivity index (χ3n) is 4.06. The molecule has 0 saturated carbocycles. The van der Waals surface area contributed by atoms with Gasteiger partial charge >= 0.3 is 0 Å². The van der Waals surface area contributed by atoms with Gasteiger partial charge in [-0.25, -0.2) is 18.4 Å². The number of nitrogens with zero attached hydrogens (tertiary/aromatic N) is 5. The summed E-state index contributed by atoms with van der Waals surface area (Å²) in [6, 6.07) is 8.51. The first kappa shape index (κ1) is 15.9. The molecule has 0 amide bonds. The first-order valence-corrected chi connectivity index (χ1v) is 9.16. The Labute approximate surface area is 144 Å². The van der Waals surface area contributed by atoms with Crippen LogP contribution in [0, 0.1) is 6.92 Å². The molecule has 8 nitrogen and oxygen atoms in total. The first-order chi connectivity index (χ1) is 12.0. The van der Waals surface area contributed by atoms with E-state index in [9.17, 15) is 8.42 Å². The third kappa shape index (κ3) is 2.92. The summed E-state index contributed by atoms with van der Waals surface area (Å²) in [5, 5.41) is 3.87. The highest BCUT2D eigenvalue weighted by Crippen LogP contribution is 2.31. The van der Waals surface area contributed by atoms with Gasteiger partial charge in [0.25, 0.3) is 0 Å². The standard InChI is InChI=1S/C16H15N5O3S/c1-11-3-5-13(6-4-11)25(22,23)21-9-12(10-21)16-19-15(20-24-16)14-17-7-2-8-18-14/h2-8,12H,9-10H2,1H3. The highest BCUT2D eigenvalue weighted by Gasteiger charge is 2.40. The molecule has 0 spiro atoms. The lowest BCUT2D eigenvalue weighted by Crippen LogP contribution is -2.48. The molecule has 9 heteroatoms. The van der Waals surface area contributed by atoms with Crippen LogP contribution in [0.5, 0.6) is 0 Å². The van der Waals surface area contributed by atoms with Crippen LogP contribution in [0.3, 0.4) is 0 Å². The Hall–Kier alpha value is -2.65. The van der Waals surface area contributed by atoms with E-state index in [1.807, 2.05) is 6.92 Å². The molecule has 1 aliphatic rings. The summed E-state index contributed by atoms with van der Waals surface area (Å²) in [5.74, 6) is 0.958. The van der Waals surface area contributed by atoms with Crippen LogP contribution in [-0.4, -0.2) is 45.9 Å². The molecule has 1 saturated heterocycles. The quantitative estimate of drug-likeness (QED) is 0.699. The van der Waals surface area contributed by atoms with E-state index in [4.69, 9.17) is 4.52 Å². The summed E-state index contributed by atoms with van der Waals surface area (Å²) < 4.78 is 31.8. The molecular formula is C16H15N5O3S. The summed E-state index contributed by atoms with van der Waals surface area (Å²) in [4.78, 5) is 12.7. The summed E-state index contributed by atoms with van der Waals surface area (Å²) in [6.07, 6.45) is 3.19. The number of hydrogen-bond acceptors (Lipinski definition) is 7. The molecular weight excluding hydrogens is 342 g/mol. The molecule has 3 heterocycles. The zero-order valence-electron chi connectivity index (χ0n) is 13.4. The number of sulfonamides is 1. The fraction of sp³-hybridized carbons (Fsp3) is 0.250. The van der Waals surface area contributed by atoms with E-state index in [-0.39, 0.29) is 5.92 Å². The average Bonchev–Trinajstić information content (AvgIpc) is 3.04. The van der Waals surface area contributed by atoms with E-state index in [2.05, 4.69) is 20.1 Å². The molecule has 2 aromatic heterocycles. The molecule has 1 aliphatic heterocycles. The molecule has 0 N–H and O–H groups in total. The van der Waals surface area contributed by atoms with Crippen molar-refractivity contribution in [1.29, 1.82) is 0 Å². The Balaban J connectivity index is 1.47. The Morgan fingerprint density at radius 2 is 1.76 bits per heavy atom. The largest absolute Gasteiger partial charge is 0.338 e. The summed E-state index contributed by atoms with van der Waals surface area (Å²) in [7, 11) is -3.49. The van der Waals surface area contributed by atoms with Gasteiger partial charge in [-0.05, 0) is 25.1 Å². The van der Waals surface area contributed by atoms with Crippen molar-refractivity contribution in [3.8, 4) is 11.6 Å². The SMILES string of the molecule is Cc1ccc(S(=O)(=O)N2CC(c3nc(-c4ncccn4)no3)C2)cc1. The number of aromatic nitrogens is 4. The maximum atomic E-state index is 12.6. The van der Waals surface area contributed by atoms with Crippen LogP contribution in [-0.2, 0) is 10.0 Å². The molecule has 0 radical (unpaired) electrons. The minimum atomic E-state index is -3.49. The van der Waals surface area contributed by atoms with Crippen molar-refractivity contribution >= 4 is 10.0 Å². The molecule has 0 atom stereocenters. The van der Waals surface area contributed by atoms with Gasteiger partial charge in [0.05, 0.1) is 10.8 Å². The fourth-order valence-electron chi connectivity index (χ4n) is 2.56. The maximum absolute atomic E-state index is 12.6. The van der Waals surface area contributed by atoms with Gasteiger partial charge in [0.1, 0.15) is 0 Å². The van der Waals surface area contributed by atoms with Gasteiger partial charge in [-0.15, -0.1) is 0 Å². The predicted molar refractivity (Wildman–Crippen MR) is 88.0 cm³/mol. The van der Waals surface area contributed by atoms with E-state index in [1.165, 1.54) is 4.31 Å². The molecule has 25 heavy (non-hydrogen) atoms. The van der Waals surface area contributed by atoms with Gasteiger partial charge in [0.15, 0.2) is 0 Å².